The van der Waals surface area contributed by atoms with Crippen LogP contribution in [0.5, 0.6) is 5.75 Å². The van der Waals surface area contributed by atoms with Gasteiger partial charge in [0.25, 0.3) is 0 Å². The molecular weight excluding hydrogens is 353 g/mol. The van der Waals surface area contributed by atoms with Gasteiger partial charge in [-0.3, -0.25) is 4.79 Å². The molecule has 0 saturated carbocycles. The van der Waals surface area contributed by atoms with Gasteiger partial charge in [0.1, 0.15) is 17.4 Å². The Labute approximate surface area is 151 Å². The second kappa shape index (κ2) is 7.19. The number of hydrogen-bond acceptors (Lipinski definition) is 4. The van der Waals surface area contributed by atoms with E-state index in [1.807, 2.05) is 0 Å². The number of carbonyl (C=O) groups is 2. The fraction of sp³-hybridized carbons (Fsp3) is 0.529. The van der Waals surface area contributed by atoms with Crippen LogP contribution in [0.3, 0.4) is 0 Å². The van der Waals surface area contributed by atoms with Crippen molar-refractivity contribution in [2.75, 3.05) is 7.11 Å². The number of methoxy groups -OCH3 is 1. The summed E-state index contributed by atoms with van der Waals surface area (Å²) in [5, 5.41) is 3.41. The third kappa shape index (κ3) is 4.33. The second-order valence-corrected chi connectivity index (χ2v) is 7.55. The molecule has 0 aliphatic carbocycles. The van der Waals surface area contributed by atoms with Crippen LogP contribution in [-0.2, 0) is 14.3 Å². The number of ether oxygens (including phenoxy) is 2. The summed E-state index contributed by atoms with van der Waals surface area (Å²) < 4.78 is 10.7. The van der Waals surface area contributed by atoms with E-state index in [0.29, 0.717) is 27.8 Å². The minimum Gasteiger partial charge on any atom is -0.496 e. The molecule has 2 rings (SSSR count). The van der Waals surface area contributed by atoms with E-state index in [2.05, 4.69) is 5.32 Å². The van der Waals surface area contributed by atoms with Crippen molar-refractivity contribution in [3.05, 3.63) is 27.7 Å². The Balaban J connectivity index is 2.31. The Bertz CT molecular complexity index is 655. The molecule has 2 atom stereocenters. The lowest BCUT2D eigenvalue weighted by molar-refractivity contribution is -0.159. The van der Waals surface area contributed by atoms with E-state index in [4.69, 9.17) is 32.7 Å². The molecule has 24 heavy (non-hydrogen) atoms. The van der Waals surface area contributed by atoms with Crippen LogP contribution in [0.4, 0.5) is 0 Å². The summed E-state index contributed by atoms with van der Waals surface area (Å²) in [6, 6.07) is 2.62. The van der Waals surface area contributed by atoms with Gasteiger partial charge in [-0.1, -0.05) is 23.2 Å². The fourth-order valence-corrected chi connectivity index (χ4v) is 3.23. The number of amides is 1. The van der Waals surface area contributed by atoms with E-state index in [1.165, 1.54) is 7.11 Å². The first-order valence-corrected chi connectivity index (χ1v) is 8.42. The highest BCUT2D eigenvalue weighted by Crippen LogP contribution is 2.42. The first-order valence-electron chi connectivity index (χ1n) is 7.66. The van der Waals surface area contributed by atoms with Gasteiger partial charge >= 0.3 is 5.97 Å². The van der Waals surface area contributed by atoms with Crippen LogP contribution < -0.4 is 10.1 Å². The maximum absolute atomic E-state index is 12.3. The smallest absolute Gasteiger partial charge is 0.329 e. The first kappa shape index (κ1) is 18.9. The number of nitrogens with one attached hydrogen (secondary N) is 1. The number of rotatable bonds is 3. The molecule has 1 aromatic carbocycles. The van der Waals surface area contributed by atoms with Crippen LogP contribution in [0.1, 0.15) is 45.1 Å². The molecule has 1 saturated heterocycles. The van der Waals surface area contributed by atoms with Crippen molar-refractivity contribution < 1.29 is 19.1 Å². The predicted molar refractivity (Wildman–Crippen MR) is 92.8 cm³/mol. The van der Waals surface area contributed by atoms with E-state index >= 15 is 0 Å². The largest absolute Gasteiger partial charge is 0.496 e. The van der Waals surface area contributed by atoms with E-state index < -0.39 is 17.6 Å². The zero-order valence-electron chi connectivity index (χ0n) is 14.1. The molecule has 1 heterocycles. The Morgan fingerprint density at radius 2 is 1.96 bits per heavy atom. The molecular formula is C17H21Cl2NO4. The zero-order valence-corrected chi connectivity index (χ0v) is 15.6. The van der Waals surface area contributed by atoms with Crippen LogP contribution in [0, 0.1) is 0 Å². The summed E-state index contributed by atoms with van der Waals surface area (Å²) in [6.45, 7) is 5.34. The Hall–Kier alpha value is -1.46. The van der Waals surface area contributed by atoms with Gasteiger partial charge in [-0.25, -0.2) is 4.79 Å². The summed E-state index contributed by atoms with van der Waals surface area (Å²) >= 11 is 12.4. The summed E-state index contributed by atoms with van der Waals surface area (Å²) in [5.74, 6) is -0.428. The second-order valence-electron chi connectivity index (χ2n) is 6.77. The molecule has 0 unspecified atom stereocenters. The minimum absolute atomic E-state index is 0.204. The minimum atomic E-state index is -0.727. The summed E-state index contributed by atoms with van der Waals surface area (Å²) in [7, 11) is 1.53. The van der Waals surface area contributed by atoms with Crippen LogP contribution in [0.25, 0.3) is 0 Å². The van der Waals surface area contributed by atoms with E-state index in [9.17, 15) is 9.59 Å². The van der Waals surface area contributed by atoms with Crippen molar-refractivity contribution in [3.63, 3.8) is 0 Å². The Morgan fingerprint density at radius 3 is 2.54 bits per heavy atom. The van der Waals surface area contributed by atoms with Crippen LogP contribution >= 0.6 is 23.2 Å². The van der Waals surface area contributed by atoms with Gasteiger partial charge in [0.2, 0.25) is 5.91 Å². The standard InChI is InChI=1S/C17H21Cl2NO4/c1-17(2,3)24-16(22)11-7-9(8-13(21)20-11)14-12(23-4)6-5-10(18)15(14)19/h5-6,9,11H,7-8H2,1-4H3,(H,20,21)/t9-,11+/m1/s1. The van der Waals surface area contributed by atoms with E-state index in [-0.39, 0.29) is 18.2 Å². The number of piperidine rings is 1. The topological polar surface area (TPSA) is 64.6 Å². The monoisotopic (exact) mass is 373 g/mol. The number of benzene rings is 1. The van der Waals surface area contributed by atoms with Crippen molar-refractivity contribution in [1.82, 2.24) is 5.32 Å². The van der Waals surface area contributed by atoms with Gasteiger partial charge in [0.15, 0.2) is 0 Å². The number of carbonyl (C=O) groups excluding carboxylic acids is 2. The average Bonchev–Trinajstić information content (AvgIpc) is 2.47. The Kier molecular flexibility index (Phi) is 5.66. The molecule has 1 aliphatic rings. The number of esters is 1. The SMILES string of the molecule is COc1ccc(Cl)c(Cl)c1[C@H]1CC(=O)N[C@H](C(=O)OC(C)(C)C)C1. The highest BCUT2D eigenvalue weighted by atomic mass is 35.5. The lowest BCUT2D eigenvalue weighted by Gasteiger charge is -2.32. The van der Waals surface area contributed by atoms with Crippen molar-refractivity contribution in [2.24, 2.45) is 0 Å². The lowest BCUT2D eigenvalue weighted by atomic mass is 9.85. The van der Waals surface area contributed by atoms with Crippen molar-refractivity contribution in [2.45, 2.75) is 51.2 Å². The molecule has 0 aromatic heterocycles. The highest BCUT2D eigenvalue weighted by molar-refractivity contribution is 6.42. The lowest BCUT2D eigenvalue weighted by Crippen LogP contribution is -2.48. The molecule has 1 aromatic rings. The predicted octanol–water partition coefficient (Wildman–Crippen LogP) is 3.71. The molecule has 1 amide bonds. The quantitative estimate of drug-likeness (QED) is 0.820. The summed E-state index contributed by atoms with van der Waals surface area (Å²) in [4.78, 5) is 24.4. The summed E-state index contributed by atoms with van der Waals surface area (Å²) in [6.07, 6.45) is 0.576. The van der Waals surface area contributed by atoms with Crippen LogP contribution in [0.2, 0.25) is 10.0 Å². The molecule has 0 radical (unpaired) electrons. The van der Waals surface area contributed by atoms with Crippen LogP contribution in [-0.4, -0.2) is 30.6 Å². The van der Waals surface area contributed by atoms with Gasteiger partial charge in [-0.2, -0.15) is 0 Å². The molecule has 1 fully saturated rings. The molecule has 5 nitrogen and oxygen atoms in total. The molecule has 1 N–H and O–H groups in total. The fourth-order valence-electron chi connectivity index (χ4n) is 2.76. The third-order valence-electron chi connectivity index (χ3n) is 3.70. The van der Waals surface area contributed by atoms with Crippen LogP contribution in [0.15, 0.2) is 12.1 Å². The average molecular weight is 374 g/mol. The Morgan fingerprint density at radius 1 is 1.29 bits per heavy atom. The maximum atomic E-state index is 12.3. The molecule has 0 bridgehead atoms. The first-order chi connectivity index (χ1) is 11.1. The van der Waals surface area contributed by atoms with Gasteiger partial charge in [0.05, 0.1) is 17.2 Å². The van der Waals surface area contributed by atoms with E-state index in [0.717, 1.165) is 0 Å². The van der Waals surface area contributed by atoms with Crippen molar-refractivity contribution in [1.29, 1.82) is 0 Å². The number of hydrogen-bond donors (Lipinski definition) is 1. The molecule has 0 spiro atoms. The van der Waals surface area contributed by atoms with Crippen molar-refractivity contribution >= 4 is 35.1 Å². The highest BCUT2D eigenvalue weighted by Gasteiger charge is 2.36. The maximum Gasteiger partial charge on any atom is 0.329 e. The van der Waals surface area contributed by atoms with Gasteiger partial charge < -0.3 is 14.8 Å². The molecule has 132 valence electrons. The normalized spacial score (nSPS) is 21.2. The molecule has 7 heteroatoms. The number of halogens is 2. The van der Waals surface area contributed by atoms with Crippen molar-refractivity contribution in [3.8, 4) is 5.75 Å². The third-order valence-corrected chi connectivity index (χ3v) is 4.52. The van der Waals surface area contributed by atoms with Gasteiger partial charge in [0, 0.05) is 17.9 Å². The van der Waals surface area contributed by atoms with Gasteiger partial charge in [-0.15, -0.1) is 0 Å². The zero-order chi connectivity index (χ0) is 18.1. The van der Waals surface area contributed by atoms with Gasteiger partial charge in [-0.05, 0) is 39.3 Å². The van der Waals surface area contributed by atoms with E-state index in [1.54, 1.807) is 32.9 Å². The molecule has 1 aliphatic heterocycles. The summed E-state index contributed by atoms with van der Waals surface area (Å²) in [5.41, 5.74) is 0.0234.